The standard InChI is InChI=1S/C12H20N4/c1-2-8-13-12-14-9-7-11(16-12)15-10-5-3-4-6-10/h7,9-10H,2-6,8H2,1H3,(H2,13,14,15,16). The van der Waals surface area contributed by atoms with Crippen LogP contribution in [0.2, 0.25) is 0 Å². The van der Waals surface area contributed by atoms with Crippen molar-refractivity contribution in [2.75, 3.05) is 17.2 Å². The van der Waals surface area contributed by atoms with E-state index in [0.29, 0.717) is 6.04 Å². The van der Waals surface area contributed by atoms with Crippen molar-refractivity contribution in [2.24, 2.45) is 0 Å². The lowest BCUT2D eigenvalue weighted by molar-refractivity contribution is 0.750. The van der Waals surface area contributed by atoms with Crippen molar-refractivity contribution in [2.45, 2.75) is 45.1 Å². The van der Waals surface area contributed by atoms with Gasteiger partial charge in [-0.15, -0.1) is 0 Å². The average Bonchev–Trinajstić information content (AvgIpc) is 2.80. The van der Waals surface area contributed by atoms with Crippen molar-refractivity contribution < 1.29 is 0 Å². The van der Waals surface area contributed by atoms with Crippen LogP contribution in [0.4, 0.5) is 11.8 Å². The van der Waals surface area contributed by atoms with Crippen LogP contribution in [0.5, 0.6) is 0 Å². The quantitative estimate of drug-likeness (QED) is 0.801. The van der Waals surface area contributed by atoms with Crippen LogP contribution in [0.3, 0.4) is 0 Å². The Morgan fingerprint density at radius 3 is 2.94 bits per heavy atom. The molecule has 1 heterocycles. The number of nitrogens with one attached hydrogen (secondary N) is 2. The Hall–Kier alpha value is -1.32. The second-order valence-corrected chi connectivity index (χ2v) is 4.32. The van der Waals surface area contributed by atoms with Gasteiger partial charge in [0.15, 0.2) is 0 Å². The van der Waals surface area contributed by atoms with E-state index in [1.807, 2.05) is 12.3 Å². The van der Waals surface area contributed by atoms with Crippen LogP contribution < -0.4 is 10.6 Å². The molecule has 0 radical (unpaired) electrons. The van der Waals surface area contributed by atoms with Gasteiger partial charge in [0.25, 0.3) is 0 Å². The largest absolute Gasteiger partial charge is 0.367 e. The molecule has 0 aliphatic heterocycles. The van der Waals surface area contributed by atoms with Gasteiger partial charge >= 0.3 is 0 Å². The summed E-state index contributed by atoms with van der Waals surface area (Å²) < 4.78 is 0. The third kappa shape index (κ3) is 3.08. The van der Waals surface area contributed by atoms with Crippen LogP contribution in [0.25, 0.3) is 0 Å². The summed E-state index contributed by atoms with van der Waals surface area (Å²) in [7, 11) is 0. The molecule has 0 saturated heterocycles. The lowest BCUT2D eigenvalue weighted by Gasteiger charge is -2.13. The normalized spacial score (nSPS) is 16.3. The summed E-state index contributed by atoms with van der Waals surface area (Å²) in [5.74, 6) is 1.67. The van der Waals surface area contributed by atoms with Crippen LogP contribution in [-0.2, 0) is 0 Å². The Bertz CT molecular complexity index is 321. The van der Waals surface area contributed by atoms with E-state index in [0.717, 1.165) is 24.7 Å². The predicted molar refractivity (Wildman–Crippen MR) is 66.7 cm³/mol. The molecule has 1 aliphatic carbocycles. The fourth-order valence-corrected chi connectivity index (χ4v) is 2.04. The topological polar surface area (TPSA) is 49.8 Å². The third-order valence-corrected chi connectivity index (χ3v) is 2.90. The Balaban J connectivity index is 1.92. The smallest absolute Gasteiger partial charge is 0.224 e. The van der Waals surface area contributed by atoms with Gasteiger partial charge in [-0.1, -0.05) is 19.8 Å². The van der Waals surface area contributed by atoms with Crippen LogP contribution in [0.1, 0.15) is 39.0 Å². The summed E-state index contributed by atoms with van der Waals surface area (Å²) in [5, 5.41) is 6.66. The molecule has 0 spiro atoms. The molecule has 0 atom stereocenters. The second kappa shape index (κ2) is 5.68. The average molecular weight is 220 g/mol. The number of aromatic nitrogens is 2. The zero-order valence-electron chi connectivity index (χ0n) is 9.87. The molecule has 0 unspecified atom stereocenters. The minimum atomic E-state index is 0.605. The van der Waals surface area contributed by atoms with E-state index in [4.69, 9.17) is 0 Å². The maximum atomic E-state index is 4.44. The van der Waals surface area contributed by atoms with Gasteiger partial charge in [0, 0.05) is 18.8 Å². The van der Waals surface area contributed by atoms with Crippen molar-refractivity contribution in [3.05, 3.63) is 12.3 Å². The summed E-state index contributed by atoms with van der Waals surface area (Å²) in [6, 6.07) is 2.55. The molecular formula is C12H20N4. The van der Waals surface area contributed by atoms with Gasteiger partial charge in [-0.25, -0.2) is 4.98 Å². The molecule has 0 aromatic carbocycles. The Morgan fingerprint density at radius 1 is 1.38 bits per heavy atom. The summed E-state index contributed by atoms with van der Waals surface area (Å²) in [5.41, 5.74) is 0. The number of rotatable bonds is 5. The molecule has 2 rings (SSSR count). The van der Waals surface area contributed by atoms with E-state index < -0.39 is 0 Å². The molecule has 1 fully saturated rings. The van der Waals surface area contributed by atoms with Crippen LogP contribution >= 0.6 is 0 Å². The fraction of sp³-hybridized carbons (Fsp3) is 0.667. The van der Waals surface area contributed by atoms with Crippen molar-refractivity contribution in [3.8, 4) is 0 Å². The lowest BCUT2D eigenvalue weighted by atomic mass is 10.2. The summed E-state index contributed by atoms with van der Waals surface area (Å²) >= 11 is 0. The molecule has 1 aliphatic rings. The summed E-state index contributed by atoms with van der Waals surface area (Å²) in [6.07, 6.45) is 8.10. The zero-order chi connectivity index (χ0) is 11.2. The van der Waals surface area contributed by atoms with Gasteiger partial charge < -0.3 is 10.6 Å². The first kappa shape index (κ1) is 11.2. The van der Waals surface area contributed by atoms with Crippen LogP contribution in [-0.4, -0.2) is 22.6 Å². The van der Waals surface area contributed by atoms with Gasteiger partial charge in [-0.05, 0) is 25.3 Å². The van der Waals surface area contributed by atoms with E-state index in [-0.39, 0.29) is 0 Å². The molecule has 0 bridgehead atoms. The van der Waals surface area contributed by atoms with E-state index in [9.17, 15) is 0 Å². The van der Waals surface area contributed by atoms with Gasteiger partial charge in [-0.2, -0.15) is 4.98 Å². The first-order valence-electron chi connectivity index (χ1n) is 6.22. The Morgan fingerprint density at radius 2 is 2.19 bits per heavy atom. The Kier molecular flexibility index (Phi) is 3.97. The van der Waals surface area contributed by atoms with Crippen molar-refractivity contribution in [3.63, 3.8) is 0 Å². The first-order valence-corrected chi connectivity index (χ1v) is 6.22. The highest BCUT2D eigenvalue weighted by Crippen LogP contribution is 2.21. The van der Waals surface area contributed by atoms with Gasteiger partial charge in [0.1, 0.15) is 5.82 Å². The molecule has 0 amide bonds. The van der Waals surface area contributed by atoms with E-state index in [1.54, 1.807) is 0 Å². The van der Waals surface area contributed by atoms with Gasteiger partial charge in [0.2, 0.25) is 5.95 Å². The third-order valence-electron chi connectivity index (χ3n) is 2.90. The lowest BCUT2D eigenvalue weighted by Crippen LogP contribution is -2.16. The summed E-state index contributed by atoms with van der Waals surface area (Å²) in [6.45, 7) is 3.06. The Labute approximate surface area is 96.9 Å². The molecule has 1 aromatic rings. The second-order valence-electron chi connectivity index (χ2n) is 4.32. The number of hydrogen-bond donors (Lipinski definition) is 2. The van der Waals surface area contributed by atoms with Crippen molar-refractivity contribution in [1.82, 2.24) is 9.97 Å². The molecule has 16 heavy (non-hydrogen) atoms. The predicted octanol–water partition coefficient (Wildman–Crippen LogP) is 2.65. The highest BCUT2D eigenvalue weighted by molar-refractivity contribution is 5.40. The maximum Gasteiger partial charge on any atom is 0.224 e. The van der Waals surface area contributed by atoms with E-state index in [1.165, 1.54) is 25.7 Å². The monoisotopic (exact) mass is 220 g/mol. The molecule has 1 saturated carbocycles. The number of anilines is 2. The fourth-order valence-electron chi connectivity index (χ4n) is 2.04. The van der Waals surface area contributed by atoms with Crippen molar-refractivity contribution in [1.29, 1.82) is 0 Å². The highest BCUT2D eigenvalue weighted by Gasteiger charge is 2.14. The maximum absolute atomic E-state index is 4.44. The molecular weight excluding hydrogens is 200 g/mol. The van der Waals surface area contributed by atoms with Crippen LogP contribution in [0.15, 0.2) is 12.3 Å². The van der Waals surface area contributed by atoms with Gasteiger partial charge in [-0.3, -0.25) is 0 Å². The van der Waals surface area contributed by atoms with Crippen molar-refractivity contribution >= 4 is 11.8 Å². The minimum absolute atomic E-state index is 0.605. The minimum Gasteiger partial charge on any atom is -0.367 e. The highest BCUT2D eigenvalue weighted by atomic mass is 15.1. The van der Waals surface area contributed by atoms with Crippen LogP contribution in [0, 0.1) is 0 Å². The molecule has 4 nitrogen and oxygen atoms in total. The first-order chi connectivity index (χ1) is 7.88. The molecule has 2 N–H and O–H groups in total. The number of hydrogen-bond acceptors (Lipinski definition) is 4. The molecule has 1 aromatic heterocycles. The zero-order valence-corrected chi connectivity index (χ0v) is 9.87. The summed E-state index contributed by atoms with van der Waals surface area (Å²) in [4.78, 5) is 8.63. The number of nitrogens with zero attached hydrogens (tertiary/aromatic N) is 2. The SMILES string of the molecule is CCCNc1nccc(NC2CCCC2)n1. The van der Waals surface area contributed by atoms with E-state index >= 15 is 0 Å². The van der Waals surface area contributed by atoms with Gasteiger partial charge in [0.05, 0.1) is 0 Å². The molecule has 88 valence electrons. The molecule has 4 heteroatoms. The van der Waals surface area contributed by atoms with E-state index in [2.05, 4.69) is 27.5 Å².